The summed E-state index contributed by atoms with van der Waals surface area (Å²) in [6.45, 7) is 0. The quantitative estimate of drug-likeness (QED) is 0.830. The molecule has 0 aliphatic heterocycles. The van der Waals surface area contributed by atoms with Crippen LogP contribution in [-0.4, -0.2) is 35.1 Å². The smallest absolute Gasteiger partial charge is 0.253 e. The van der Waals surface area contributed by atoms with Crippen LogP contribution in [0.5, 0.6) is 0 Å². The summed E-state index contributed by atoms with van der Waals surface area (Å²) in [6, 6.07) is 7.51. The van der Waals surface area contributed by atoms with Gasteiger partial charge in [0.15, 0.2) is 0 Å². The average molecular weight is 215 g/mol. The number of rotatable bonds is 2. The molecule has 0 bridgehead atoms. The molecule has 0 fully saturated rings. The predicted octanol–water partition coefficient (Wildman–Crippen LogP) is 1.78. The van der Waals surface area contributed by atoms with Crippen molar-refractivity contribution in [3.8, 4) is 11.1 Å². The molecular weight excluding hydrogens is 202 g/mol. The third-order valence-corrected chi connectivity index (χ3v) is 2.35. The Morgan fingerprint density at radius 2 is 2.12 bits per heavy atom. The van der Waals surface area contributed by atoms with Crippen molar-refractivity contribution in [2.75, 3.05) is 14.1 Å². The SMILES string of the molecule is CN(C)C(=O)c1cccc(-c2cn[nH]c2)c1. The van der Waals surface area contributed by atoms with Crippen molar-refractivity contribution in [1.29, 1.82) is 0 Å². The number of aromatic nitrogens is 2. The summed E-state index contributed by atoms with van der Waals surface area (Å²) in [6.07, 6.45) is 3.54. The van der Waals surface area contributed by atoms with Crippen LogP contribution in [-0.2, 0) is 0 Å². The zero-order valence-electron chi connectivity index (χ0n) is 9.27. The largest absolute Gasteiger partial charge is 0.345 e. The molecule has 1 heterocycles. The molecule has 0 atom stereocenters. The van der Waals surface area contributed by atoms with E-state index in [2.05, 4.69) is 10.2 Å². The Kier molecular flexibility index (Phi) is 2.72. The minimum Gasteiger partial charge on any atom is -0.345 e. The summed E-state index contributed by atoms with van der Waals surface area (Å²) in [7, 11) is 3.49. The van der Waals surface area contributed by atoms with Gasteiger partial charge in [-0.25, -0.2) is 0 Å². The number of H-pyrrole nitrogens is 1. The maximum atomic E-state index is 11.8. The van der Waals surface area contributed by atoms with Gasteiger partial charge in [0.2, 0.25) is 0 Å². The fourth-order valence-electron chi connectivity index (χ4n) is 1.50. The monoisotopic (exact) mass is 215 g/mol. The third-order valence-electron chi connectivity index (χ3n) is 2.35. The van der Waals surface area contributed by atoms with E-state index >= 15 is 0 Å². The van der Waals surface area contributed by atoms with E-state index in [1.807, 2.05) is 24.3 Å². The molecule has 16 heavy (non-hydrogen) atoms. The Balaban J connectivity index is 2.37. The number of hydrogen-bond acceptors (Lipinski definition) is 2. The van der Waals surface area contributed by atoms with E-state index in [1.165, 1.54) is 0 Å². The molecule has 0 unspecified atom stereocenters. The zero-order chi connectivity index (χ0) is 11.5. The Morgan fingerprint density at radius 3 is 2.75 bits per heavy atom. The molecule has 82 valence electrons. The van der Waals surface area contributed by atoms with Crippen LogP contribution in [0.2, 0.25) is 0 Å². The van der Waals surface area contributed by atoms with E-state index in [-0.39, 0.29) is 5.91 Å². The summed E-state index contributed by atoms with van der Waals surface area (Å²) in [5.74, 6) is 0.00495. The molecule has 0 radical (unpaired) electrons. The van der Waals surface area contributed by atoms with Gasteiger partial charge in [-0.15, -0.1) is 0 Å². The molecule has 0 spiro atoms. The van der Waals surface area contributed by atoms with E-state index < -0.39 is 0 Å². The first-order chi connectivity index (χ1) is 7.68. The second kappa shape index (κ2) is 4.18. The van der Waals surface area contributed by atoms with Gasteiger partial charge in [-0.2, -0.15) is 5.10 Å². The predicted molar refractivity (Wildman–Crippen MR) is 62.0 cm³/mol. The molecule has 2 rings (SSSR count). The lowest BCUT2D eigenvalue weighted by atomic mass is 10.1. The number of amides is 1. The second-order valence-corrected chi connectivity index (χ2v) is 3.77. The van der Waals surface area contributed by atoms with Gasteiger partial charge in [0.25, 0.3) is 5.91 Å². The number of nitrogens with one attached hydrogen (secondary N) is 1. The van der Waals surface area contributed by atoms with Gasteiger partial charge in [-0.3, -0.25) is 9.89 Å². The highest BCUT2D eigenvalue weighted by atomic mass is 16.2. The van der Waals surface area contributed by atoms with Gasteiger partial charge < -0.3 is 4.90 Å². The minimum atomic E-state index is 0.00495. The van der Waals surface area contributed by atoms with E-state index in [1.54, 1.807) is 31.4 Å². The summed E-state index contributed by atoms with van der Waals surface area (Å²) < 4.78 is 0. The summed E-state index contributed by atoms with van der Waals surface area (Å²) in [4.78, 5) is 13.3. The number of carbonyl (C=O) groups is 1. The molecule has 1 amide bonds. The van der Waals surface area contributed by atoms with Crippen LogP contribution >= 0.6 is 0 Å². The van der Waals surface area contributed by atoms with Crippen LogP contribution in [0.25, 0.3) is 11.1 Å². The van der Waals surface area contributed by atoms with Crippen molar-refractivity contribution in [1.82, 2.24) is 15.1 Å². The number of carbonyl (C=O) groups excluding carboxylic acids is 1. The topological polar surface area (TPSA) is 49.0 Å². The summed E-state index contributed by atoms with van der Waals surface area (Å²) >= 11 is 0. The second-order valence-electron chi connectivity index (χ2n) is 3.77. The average Bonchev–Trinajstić information content (AvgIpc) is 2.81. The molecule has 4 nitrogen and oxygen atoms in total. The molecule has 0 saturated heterocycles. The fourth-order valence-corrected chi connectivity index (χ4v) is 1.50. The molecular formula is C12H13N3O. The third kappa shape index (κ3) is 1.95. The Morgan fingerprint density at radius 1 is 1.31 bits per heavy atom. The van der Waals surface area contributed by atoms with Gasteiger partial charge in [-0.05, 0) is 17.7 Å². The van der Waals surface area contributed by atoms with Gasteiger partial charge in [0.05, 0.1) is 6.20 Å². The van der Waals surface area contributed by atoms with Gasteiger partial charge in [0, 0.05) is 31.4 Å². The van der Waals surface area contributed by atoms with E-state index in [0.29, 0.717) is 5.56 Å². The van der Waals surface area contributed by atoms with E-state index in [4.69, 9.17) is 0 Å². The Labute approximate surface area is 93.9 Å². The molecule has 0 saturated carbocycles. The molecule has 0 aliphatic carbocycles. The number of hydrogen-bond donors (Lipinski definition) is 1. The number of nitrogens with zero attached hydrogens (tertiary/aromatic N) is 2. The molecule has 1 aromatic carbocycles. The lowest BCUT2D eigenvalue weighted by Crippen LogP contribution is -2.21. The number of aromatic amines is 1. The van der Waals surface area contributed by atoms with Crippen LogP contribution in [0, 0.1) is 0 Å². The van der Waals surface area contributed by atoms with Gasteiger partial charge >= 0.3 is 0 Å². The van der Waals surface area contributed by atoms with Crippen LogP contribution < -0.4 is 0 Å². The standard InChI is InChI=1S/C12H13N3O/c1-15(2)12(16)10-5-3-4-9(6-10)11-7-13-14-8-11/h3-8H,1-2H3,(H,13,14). The lowest BCUT2D eigenvalue weighted by Gasteiger charge is -2.10. The maximum Gasteiger partial charge on any atom is 0.253 e. The maximum absolute atomic E-state index is 11.8. The van der Waals surface area contributed by atoms with Crippen molar-refractivity contribution in [3.63, 3.8) is 0 Å². The highest BCUT2D eigenvalue weighted by Crippen LogP contribution is 2.19. The van der Waals surface area contributed by atoms with Crippen molar-refractivity contribution in [3.05, 3.63) is 42.2 Å². The number of benzene rings is 1. The zero-order valence-corrected chi connectivity index (χ0v) is 9.27. The van der Waals surface area contributed by atoms with Crippen molar-refractivity contribution in [2.45, 2.75) is 0 Å². The lowest BCUT2D eigenvalue weighted by molar-refractivity contribution is 0.0827. The molecule has 1 N–H and O–H groups in total. The van der Waals surface area contributed by atoms with E-state index in [0.717, 1.165) is 11.1 Å². The Hall–Kier alpha value is -2.10. The van der Waals surface area contributed by atoms with Crippen LogP contribution in [0.4, 0.5) is 0 Å². The van der Waals surface area contributed by atoms with Crippen molar-refractivity contribution < 1.29 is 4.79 Å². The van der Waals surface area contributed by atoms with Gasteiger partial charge in [-0.1, -0.05) is 12.1 Å². The first kappa shape index (κ1) is 10.4. The minimum absolute atomic E-state index is 0.00495. The molecule has 0 aliphatic rings. The Bertz CT molecular complexity index is 489. The van der Waals surface area contributed by atoms with Gasteiger partial charge in [0.1, 0.15) is 0 Å². The van der Waals surface area contributed by atoms with Crippen molar-refractivity contribution >= 4 is 5.91 Å². The summed E-state index contributed by atoms with van der Waals surface area (Å²) in [5, 5.41) is 6.64. The van der Waals surface area contributed by atoms with Crippen molar-refractivity contribution in [2.24, 2.45) is 0 Å². The first-order valence-corrected chi connectivity index (χ1v) is 4.99. The highest BCUT2D eigenvalue weighted by molar-refractivity contribution is 5.95. The van der Waals surface area contributed by atoms with Crippen LogP contribution in [0.3, 0.4) is 0 Å². The molecule has 4 heteroatoms. The molecule has 1 aromatic heterocycles. The first-order valence-electron chi connectivity index (χ1n) is 4.99. The summed E-state index contributed by atoms with van der Waals surface area (Å²) in [5.41, 5.74) is 2.65. The van der Waals surface area contributed by atoms with E-state index in [9.17, 15) is 4.79 Å². The van der Waals surface area contributed by atoms with Crippen LogP contribution in [0.15, 0.2) is 36.7 Å². The van der Waals surface area contributed by atoms with Crippen LogP contribution in [0.1, 0.15) is 10.4 Å². The molecule has 2 aromatic rings. The fraction of sp³-hybridized carbons (Fsp3) is 0.167. The highest BCUT2D eigenvalue weighted by Gasteiger charge is 2.08. The normalized spacial score (nSPS) is 10.1.